The molecule has 1 nitrogen and oxygen atoms in total. The quantitative estimate of drug-likeness (QED) is 0.853. The zero-order valence-corrected chi connectivity index (χ0v) is 10.4. The lowest BCUT2D eigenvalue weighted by Gasteiger charge is -2.21. The minimum absolute atomic E-state index is 0.364. The molecule has 0 fully saturated rings. The number of hydrogen-bond acceptors (Lipinski definition) is 2. The molecule has 1 aromatic rings. The Balaban J connectivity index is 2.96. The standard InChI is InChI=1S/C11H16F3NS/c1-4-5-15-10(11(12,13)14)9-6-7(2)16-8(9)3/h6,10,15H,4-5H2,1-3H3. The third-order valence-corrected chi connectivity index (χ3v) is 3.30. The molecule has 1 heterocycles. The minimum Gasteiger partial charge on any atom is -0.302 e. The maximum Gasteiger partial charge on any atom is 0.407 e. The van der Waals surface area contributed by atoms with Crippen molar-refractivity contribution in [3.8, 4) is 0 Å². The summed E-state index contributed by atoms with van der Waals surface area (Å²) in [4.78, 5) is 1.66. The third-order valence-electron chi connectivity index (χ3n) is 2.32. The Kier molecular flexibility index (Phi) is 4.38. The molecule has 0 bridgehead atoms. The molecule has 1 unspecified atom stereocenters. The molecule has 0 aliphatic carbocycles. The molecule has 0 aliphatic rings. The summed E-state index contributed by atoms with van der Waals surface area (Å²) in [6.07, 6.45) is -3.54. The van der Waals surface area contributed by atoms with E-state index in [0.717, 1.165) is 9.75 Å². The van der Waals surface area contributed by atoms with Crippen LogP contribution in [0.25, 0.3) is 0 Å². The Morgan fingerprint density at radius 3 is 2.38 bits per heavy atom. The molecule has 1 aromatic heterocycles. The number of hydrogen-bond donors (Lipinski definition) is 1. The predicted octanol–water partition coefficient (Wildman–Crippen LogP) is 3.97. The van der Waals surface area contributed by atoms with E-state index in [4.69, 9.17) is 0 Å². The van der Waals surface area contributed by atoms with Crippen LogP contribution < -0.4 is 5.32 Å². The van der Waals surface area contributed by atoms with Crippen molar-refractivity contribution in [1.29, 1.82) is 0 Å². The van der Waals surface area contributed by atoms with Crippen LogP contribution in [0.15, 0.2) is 6.07 Å². The highest BCUT2D eigenvalue weighted by atomic mass is 32.1. The highest BCUT2D eigenvalue weighted by Crippen LogP contribution is 2.37. The second-order valence-electron chi connectivity index (χ2n) is 3.80. The van der Waals surface area contributed by atoms with E-state index in [1.165, 1.54) is 11.3 Å². The fourth-order valence-electron chi connectivity index (χ4n) is 1.63. The van der Waals surface area contributed by atoms with Crippen molar-refractivity contribution in [1.82, 2.24) is 5.32 Å². The van der Waals surface area contributed by atoms with Gasteiger partial charge in [0.25, 0.3) is 0 Å². The largest absolute Gasteiger partial charge is 0.407 e. The van der Waals surface area contributed by atoms with E-state index < -0.39 is 12.2 Å². The first-order valence-corrected chi connectivity index (χ1v) is 6.05. The number of rotatable bonds is 4. The normalized spacial score (nSPS) is 14.1. The molecule has 0 spiro atoms. The maximum absolute atomic E-state index is 12.9. The molecule has 16 heavy (non-hydrogen) atoms. The lowest BCUT2D eigenvalue weighted by Crippen LogP contribution is -2.34. The summed E-state index contributed by atoms with van der Waals surface area (Å²) in [5.41, 5.74) is 0.364. The Morgan fingerprint density at radius 2 is 2.00 bits per heavy atom. The highest BCUT2D eigenvalue weighted by Gasteiger charge is 2.41. The van der Waals surface area contributed by atoms with Crippen molar-refractivity contribution in [2.75, 3.05) is 6.54 Å². The minimum atomic E-state index is -4.23. The second kappa shape index (κ2) is 5.19. The van der Waals surface area contributed by atoms with Gasteiger partial charge in [-0.15, -0.1) is 11.3 Å². The zero-order chi connectivity index (χ0) is 12.3. The summed E-state index contributed by atoms with van der Waals surface area (Å²) in [6.45, 7) is 5.79. The molecule has 1 N–H and O–H groups in total. The van der Waals surface area contributed by atoms with E-state index in [1.807, 2.05) is 13.8 Å². The van der Waals surface area contributed by atoms with E-state index in [-0.39, 0.29) is 0 Å². The highest BCUT2D eigenvalue weighted by molar-refractivity contribution is 7.12. The van der Waals surface area contributed by atoms with Crippen LogP contribution in [0.3, 0.4) is 0 Å². The molecule has 5 heteroatoms. The van der Waals surface area contributed by atoms with Gasteiger partial charge in [0.2, 0.25) is 0 Å². The fourth-order valence-corrected chi connectivity index (χ4v) is 2.59. The van der Waals surface area contributed by atoms with E-state index in [2.05, 4.69) is 5.32 Å². The lowest BCUT2D eigenvalue weighted by atomic mass is 10.1. The van der Waals surface area contributed by atoms with E-state index in [0.29, 0.717) is 18.5 Å². The Bertz CT molecular complexity index is 343. The molecule has 1 rings (SSSR count). The van der Waals surface area contributed by atoms with Crippen LogP contribution in [0, 0.1) is 13.8 Å². The summed E-state index contributed by atoms with van der Waals surface area (Å²) in [6, 6.07) is 0.0956. The monoisotopic (exact) mass is 251 g/mol. The van der Waals surface area contributed by atoms with Gasteiger partial charge in [-0.05, 0) is 38.4 Å². The van der Waals surface area contributed by atoms with Crippen LogP contribution in [0.4, 0.5) is 13.2 Å². The van der Waals surface area contributed by atoms with Crippen LogP contribution in [-0.2, 0) is 0 Å². The Hall–Kier alpha value is -0.550. The lowest BCUT2D eigenvalue weighted by molar-refractivity contribution is -0.157. The molecule has 0 aromatic carbocycles. The van der Waals surface area contributed by atoms with Crippen molar-refractivity contribution >= 4 is 11.3 Å². The van der Waals surface area contributed by atoms with Crippen molar-refractivity contribution in [2.45, 2.75) is 39.4 Å². The van der Waals surface area contributed by atoms with Gasteiger partial charge in [-0.3, -0.25) is 0 Å². The summed E-state index contributed by atoms with van der Waals surface area (Å²) >= 11 is 1.41. The zero-order valence-electron chi connectivity index (χ0n) is 9.61. The molecule has 0 aliphatic heterocycles. The second-order valence-corrected chi connectivity index (χ2v) is 5.26. The molecule has 0 amide bonds. The number of thiophene rings is 1. The molecule has 0 saturated heterocycles. The first-order valence-electron chi connectivity index (χ1n) is 5.23. The fraction of sp³-hybridized carbons (Fsp3) is 0.636. The van der Waals surface area contributed by atoms with Gasteiger partial charge < -0.3 is 5.32 Å². The van der Waals surface area contributed by atoms with Gasteiger partial charge in [-0.25, -0.2) is 0 Å². The van der Waals surface area contributed by atoms with Gasteiger partial charge in [0, 0.05) is 9.75 Å². The Labute approximate surface area is 97.7 Å². The number of aryl methyl sites for hydroxylation is 2. The van der Waals surface area contributed by atoms with Crippen molar-refractivity contribution in [2.24, 2.45) is 0 Å². The van der Waals surface area contributed by atoms with Crippen LogP contribution in [0.1, 0.15) is 34.7 Å². The van der Waals surface area contributed by atoms with Crippen LogP contribution in [0.5, 0.6) is 0 Å². The number of nitrogens with one attached hydrogen (secondary N) is 1. The van der Waals surface area contributed by atoms with Crippen LogP contribution >= 0.6 is 11.3 Å². The van der Waals surface area contributed by atoms with Gasteiger partial charge in [0.15, 0.2) is 0 Å². The smallest absolute Gasteiger partial charge is 0.302 e. The van der Waals surface area contributed by atoms with E-state index in [9.17, 15) is 13.2 Å². The Morgan fingerprint density at radius 1 is 1.38 bits per heavy atom. The van der Waals surface area contributed by atoms with E-state index in [1.54, 1.807) is 13.0 Å². The molecular formula is C11H16F3NS. The number of alkyl halides is 3. The van der Waals surface area contributed by atoms with Crippen molar-refractivity contribution < 1.29 is 13.2 Å². The van der Waals surface area contributed by atoms with Gasteiger partial charge >= 0.3 is 6.18 Å². The first-order chi connectivity index (χ1) is 7.36. The van der Waals surface area contributed by atoms with Crippen molar-refractivity contribution in [3.05, 3.63) is 21.4 Å². The van der Waals surface area contributed by atoms with Gasteiger partial charge in [-0.2, -0.15) is 13.2 Å². The molecule has 1 atom stereocenters. The summed E-state index contributed by atoms with van der Waals surface area (Å²) in [7, 11) is 0. The third kappa shape index (κ3) is 3.22. The van der Waals surface area contributed by atoms with Crippen molar-refractivity contribution in [3.63, 3.8) is 0 Å². The maximum atomic E-state index is 12.9. The molecule has 0 saturated carbocycles. The van der Waals surface area contributed by atoms with Crippen LogP contribution in [-0.4, -0.2) is 12.7 Å². The number of halogens is 3. The summed E-state index contributed by atoms with van der Waals surface area (Å²) in [5.74, 6) is 0. The topological polar surface area (TPSA) is 12.0 Å². The van der Waals surface area contributed by atoms with Crippen LogP contribution in [0.2, 0.25) is 0 Å². The average molecular weight is 251 g/mol. The molecule has 0 radical (unpaired) electrons. The first kappa shape index (κ1) is 13.5. The van der Waals surface area contributed by atoms with Gasteiger partial charge in [0.1, 0.15) is 6.04 Å². The van der Waals surface area contributed by atoms with Gasteiger partial charge in [-0.1, -0.05) is 6.92 Å². The van der Waals surface area contributed by atoms with E-state index >= 15 is 0 Å². The summed E-state index contributed by atoms with van der Waals surface area (Å²) < 4.78 is 38.6. The predicted molar refractivity (Wildman–Crippen MR) is 60.9 cm³/mol. The van der Waals surface area contributed by atoms with Gasteiger partial charge in [0.05, 0.1) is 0 Å². The summed E-state index contributed by atoms with van der Waals surface area (Å²) in [5, 5.41) is 2.56. The average Bonchev–Trinajstić information content (AvgIpc) is 2.44. The molecular weight excluding hydrogens is 235 g/mol. The molecule has 92 valence electrons. The SMILES string of the molecule is CCCNC(c1cc(C)sc1C)C(F)(F)F.